The number of aliphatic hydroxyl groups excluding tert-OH is 1. The van der Waals surface area contributed by atoms with E-state index in [1.54, 1.807) is 6.92 Å². The fourth-order valence-corrected chi connectivity index (χ4v) is 2.52. The van der Waals surface area contributed by atoms with Crippen LogP contribution in [0.3, 0.4) is 0 Å². The molecule has 1 aromatic rings. The first-order chi connectivity index (χ1) is 8.06. The molecule has 0 saturated heterocycles. The van der Waals surface area contributed by atoms with E-state index in [0.717, 1.165) is 16.6 Å². The number of aliphatic hydroxyl groups is 1. The van der Waals surface area contributed by atoms with Crippen molar-refractivity contribution in [2.45, 2.75) is 39.2 Å². The Bertz CT molecular complexity index is 352. The second-order valence-electron chi connectivity index (χ2n) is 4.51. The van der Waals surface area contributed by atoms with Gasteiger partial charge in [0.05, 0.1) is 6.10 Å². The normalized spacial score (nSPS) is 12.5. The highest BCUT2D eigenvalue weighted by molar-refractivity contribution is 9.10. The highest BCUT2D eigenvalue weighted by atomic mass is 79.9. The third-order valence-electron chi connectivity index (χ3n) is 2.97. The number of nitrogens with zero attached hydrogens (tertiary/aromatic N) is 1. The number of hydrogen-bond donors (Lipinski definition) is 1. The fraction of sp³-hybridized carbons (Fsp3) is 0.571. The summed E-state index contributed by atoms with van der Waals surface area (Å²) in [5, 5.41) is 9.56. The third-order valence-corrected chi connectivity index (χ3v) is 3.66. The Morgan fingerprint density at radius 1 is 1.35 bits per heavy atom. The monoisotopic (exact) mass is 299 g/mol. The van der Waals surface area contributed by atoms with Gasteiger partial charge in [-0.3, -0.25) is 0 Å². The van der Waals surface area contributed by atoms with Crippen LogP contribution < -0.4 is 4.90 Å². The highest BCUT2D eigenvalue weighted by Crippen LogP contribution is 2.27. The number of rotatable bonds is 6. The number of unbranched alkanes of at least 4 members (excludes halogenated alkanes) is 2. The predicted octanol–water partition coefficient (Wildman–Crippen LogP) is 4.13. The summed E-state index contributed by atoms with van der Waals surface area (Å²) in [6, 6.07) is 6.13. The molecule has 1 rings (SSSR count). The summed E-state index contributed by atoms with van der Waals surface area (Å²) in [5.41, 5.74) is 2.13. The van der Waals surface area contributed by atoms with Gasteiger partial charge < -0.3 is 10.0 Å². The topological polar surface area (TPSA) is 23.5 Å². The first kappa shape index (κ1) is 14.5. The summed E-state index contributed by atoms with van der Waals surface area (Å²) < 4.78 is 0.979. The molecule has 96 valence electrons. The lowest BCUT2D eigenvalue weighted by Crippen LogP contribution is -2.18. The molecular formula is C14H22BrNO. The van der Waals surface area contributed by atoms with Gasteiger partial charge in [0.15, 0.2) is 0 Å². The van der Waals surface area contributed by atoms with Crippen LogP contribution in [0.1, 0.15) is 44.8 Å². The molecule has 1 N–H and O–H groups in total. The molecule has 0 amide bonds. The maximum Gasteiger partial charge on any atom is 0.0772 e. The summed E-state index contributed by atoms with van der Waals surface area (Å²) in [6.07, 6.45) is 3.32. The Morgan fingerprint density at radius 3 is 2.59 bits per heavy atom. The average molecular weight is 300 g/mol. The lowest BCUT2D eigenvalue weighted by atomic mass is 10.1. The number of halogens is 1. The van der Waals surface area contributed by atoms with Crippen molar-refractivity contribution < 1.29 is 5.11 Å². The summed E-state index contributed by atoms with van der Waals surface area (Å²) in [7, 11) is 2.11. The molecule has 0 aliphatic heterocycles. The molecule has 0 unspecified atom stereocenters. The third kappa shape index (κ3) is 4.32. The van der Waals surface area contributed by atoms with Crippen LogP contribution in [0.2, 0.25) is 0 Å². The van der Waals surface area contributed by atoms with Crippen molar-refractivity contribution in [3.63, 3.8) is 0 Å². The lowest BCUT2D eigenvalue weighted by Gasteiger charge is -2.20. The van der Waals surface area contributed by atoms with Gasteiger partial charge in [-0.25, -0.2) is 0 Å². The molecule has 0 aliphatic carbocycles. The Morgan fingerprint density at radius 2 is 2.06 bits per heavy atom. The van der Waals surface area contributed by atoms with Crippen LogP contribution in [0.15, 0.2) is 22.7 Å². The minimum atomic E-state index is -0.427. The van der Waals surface area contributed by atoms with E-state index >= 15 is 0 Å². The predicted molar refractivity (Wildman–Crippen MR) is 77.6 cm³/mol. The Kier molecular flexibility index (Phi) is 6.00. The molecule has 0 saturated carbocycles. The quantitative estimate of drug-likeness (QED) is 0.799. The molecule has 0 radical (unpaired) electrons. The van der Waals surface area contributed by atoms with Crippen molar-refractivity contribution >= 4 is 21.6 Å². The van der Waals surface area contributed by atoms with E-state index < -0.39 is 6.10 Å². The maximum absolute atomic E-state index is 9.56. The van der Waals surface area contributed by atoms with Gasteiger partial charge in [-0.15, -0.1) is 0 Å². The van der Waals surface area contributed by atoms with Crippen molar-refractivity contribution in [3.05, 3.63) is 28.2 Å². The van der Waals surface area contributed by atoms with Crippen molar-refractivity contribution in [1.29, 1.82) is 0 Å². The molecular weight excluding hydrogens is 278 g/mol. The van der Waals surface area contributed by atoms with Crippen LogP contribution in [0.25, 0.3) is 0 Å². The van der Waals surface area contributed by atoms with Gasteiger partial charge >= 0.3 is 0 Å². The molecule has 0 aromatic heterocycles. The Labute approximate surface area is 113 Å². The number of benzene rings is 1. The van der Waals surface area contributed by atoms with E-state index in [-0.39, 0.29) is 0 Å². The zero-order chi connectivity index (χ0) is 12.8. The molecule has 17 heavy (non-hydrogen) atoms. The van der Waals surface area contributed by atoms with Gasteiger partial charge in [0.25, 0.3) is 0 Å². The van der Waals surface area contributed by atoms with Gasteiger partial charge in [0.2, 0.25) is 0 Å². The van der Waals surface area contributed by atoms with Crippen molar-refractivity contribution in [3.8, 4) is 0 Å². The molecule has 1 atom stereocenters. The molecule has 3 heteroatoms. The Balaban J connectivity index is 2.69. The second-order valence-corrected chi connectivity index (χ2v) is 5.36. The fourth-order valence-electron chi connectivity index (χ4n) is 1.82. The Hall–Kier alpha value is -0.540. The summed E-state index contributed by atoms with van der Waals surface area (Å²) in [5.74, 6) is 0. The van der Waals surface area contributed by atoms with Crippen LogP contribution in [0.5, 0.6) is 0 Å². The smallest absolute Gasteiger partial charge is 0.0772 e. The second kappa shape index (κ2) is 7.02. The van der Waals surface area contributed by atoms with Crippen LogP contribution in [-0.2, 0) is 0 Å². The van der Waals surface area contributed by atoms with Gasteiger partial charge in [0, 0.05) is 23.8 Å². The molecule has 0 heterocycles. The summed E-state index contributed by atoms with van der Waals surface area (Å²) >= 11 is 3.51. The molecule has 0 spiro atoms. The van der Waals surface area contributed by atoms with E-state index in [9.17, 15) is 5.11 Å². The molecule has 0 fully saturated rings. The highest BCUT2D eigenvalue weighted by Gasteiger charge is 2.08. The number of hydrogen-bond acceptors (Lipinski definition) is 2. The standard InChI is InChI=1S/C14H22BrNO/c1-4-5-6-9-16(3)12-7-8-13(11(2)17)14(15)10-12/h7-8,10-11,17H,4-6,9H2,1-3H3/t11-/m0/s1. The lowest BCUT2D eigenvalue weighted by molar-refractivity contribution is 0.198. The number of anilines is 1. The van der Waals surface area contributed by atoms with Gasteiger partial charge in [0.1, 0.15) is 0 Å². The minimum absolute atomic E-state index is 0.427. The van der Waals surface area contributed by atoms with Gasteiger partial charge in [-0.1, -0.05) is 41.8 Å². The van der Waals surface area contributed by atoms with Gasteiger partial charge in [-0.2, -0.15) is 0 Å². The van der Waals surface area contributed by atoms with E-state index in [1.807, 2.05) is 6.07 Å². The van der Waals surface area contributed by atoms with Crippen molar-refractivity contribution in [2.75, 3.05) is 18.5 Å². The molecule has 0 aliphatic rings. The van der Waals surface area contributed by atoms with Crippen molar-refractivity contribution in [1.82, 2.24) is 0 Å². The first-order valence-electron chi connectivity index (χ1n) is 6.25. The zero-order valence-corrected chi connectivity index (χ0v) is 12.5. The average Bonchev–Trinajstić information content (AvgIpc) is 2.28. The molecule has 1 aromatic carbocycles. The minimum Gasteiger partial charge on any atom is -0.389 e. The van der Waals surface area contributed by atoms with Crippen LogP contribution in [0.4, 0.5) is 5.69 Å². The van der Waals surface area contributed by atoms with Crippen molar-refractivity contribution in [2.24, 2.45) is 0 Å². The van der Waals surface area contributed by atoms with Gasteiger partial charge in [-0.05, 0) is 31.0 Å². The zero-order valence-electron chi connectivity index (χ0n) is 10.9. The largest absolute Gasteiger partial charge is 0.389 e. The van der Waals surface area contributed by atoms with Crippen LogP contribution >= 0.6 is 15.9 Å². The summed E-state index contributed by atoms with van der Waals surface area (Å²) in [6.45, 7) is 5.08. The summed E-state index contributed by atoms with van der Waals surface area (Å²) in [4.78, 5) is 2.26. The first-order valence-corrected chi connectivity index (χ1v) is 7.04. The van der Waals surface area contributed by atoms with Crippen LogP contribution in [0, 0.1) is 0 Å². The maximum atomic E-state index is 9.56. The SMILES string of the molecule is CCCCCN(C)c1ccc([C@H](C)O)c(Br)c1. The molecule has 0 bridgehead atoms. The van der Waals surface area contributed by atoms with Crippen LogP contribution in [-0.4, -0.2) is 18.7 Å². The van der Waals surface area contributed by atoms with E-state index in [1.165, 1.54) is 24.9 Å². The van der Waals surface area contributed by atoms with E-state index in [2.05, 4.69) is 46.9 Å². The van der Waals surface area contributed by atoms with E-state index in [0.29, 0.717) is 0 Å². The molecule has 2 nitrogen and oxygen atoms in total. The van der Waals surface area contributed by atoms with E-state index in [4.69, 9.17) is 0 Å².